The normalized spacial score (nSPS) is 10.3. The van der Waals surface area contributed by atoms with Crippen LogP contribution in [0.15, 0.2) is 30.4 Å². The molecule has 1 aromatic rings. The summed E-state index contributed by atoms with van der Waals surface area (Å²) in [5.74, 6) is -1.94. The van der Waals surface area contributed by atoms with Crippen molar-refractivity contribution in [2.24, 2.45) is 0 Å². The lowest BCUT2D eigenvalue weighted by atomic mass is 10.3. The highest BCUT2D eigenvalue weighted by atomic mass is 19.2. The molecule has 0 bridgehead atoms. The first-order valence-electron chi connectivity index (χ1n) is 5.59. The van der Waals surface area contributed by atoms with Gasteiger partial charge in [0.25, 0.3) is 0 Å². The molecule has 1 N–H and O–H groups in total. The van der Waals surface area contributed by atoms with Crippen molar-refractivity contribution in [1.29, 1.82) is 0 Å². The molecule has 0 amide bonds. The van der Waals surface area contributed by atoms with Crippen LogP contribution in [0, 0.1) is 11.6 Å². The predicted molar refractivity (Wildman–Crippen MR) is 64.2 cm³/mol. The van der Waals surface area contributed by atoms with Gasteiger partial charge in [0.2, 0.25) is 5.82 Å². The zero-order chi connectivity index (χ0) is 12.7. The van der Waals surface area contributed by atoms with E-state index < -0.39 is 11.6 Å². The van der Waals surface area contributed by atoms with E-state index in [-0.39, 0.29) is 12.4 Å². The van der Waals surface area contributed by atoms with Crippen LogP contribution in [0.5, 0.6) is 5.75 Å². The summed E-state index contributed by atoms with van der Waals surface area (Å²) in [6.45, 7) is 7.54. The number of ether oxygens (including phenoxy) is 1. The van der Waals surface area contributed by atoms with E-state index in [2.05, 4.69) is 18.8 Å². The first kappa shape index (κ1) is 13.6. The van der Waals surface area contributed by atoms with Crippen molar-refractivity contribution in [3.05, 3.63) is 42.0 Å². The second-order valence-electron chi connectivity index (χ2n) is 3.77. The highest BCUT2D eigenvalue weighted by Gasteiger charge is 2.08. The molecule has 0 aliphatic rings. The lowest BCUT2D eigenvalue weighted by molar-refractivity contribution is 0.321. The first-order chi connectivity index (χ1) is 8.15. The Balaban J connectivity index is 2.39. The highest BCUT2D eigenvalue weighted by Crippen LogP contribution is 2.19. The fraction of sp³-hybridized carbons (Fsp3) is 0.385. The molecule has 0 radical (unpaired) electrons. The third-order valence-electron chi connectivity index (χ3n) is 2.15. The van der Waals surface area contributed by atoms with Gasteiger partial charge in [-0.2, -0.15) is 4.39 Å². The van der Waals surface area contributed by atoms with Gasteiger partial charge in [0.15, 0.2) is 11.6 Å². The molecule has 0 aliphatic carbocycles. The van der Waals surface area contributed by atoms with Gasteiger partial charge in [0.05, 0.1) is 0 Å². The van der Waals surface area contributed by atoms with E-state index >= 15 is 0 Å². The van der Waals surface area contributed by atoms with Gasteiger partial charge in [-0.1, -0.05) is 19.6 Å². The molecule has 0 heterocycles. The lowest BCUT2D eigenvalue weighted by Gasteiger charge is -2.10. The van der Waals surface area contributed by atoms with Crippen molar-refractivity contribution < 1.29 is 13.5 Å². The number of benzene rings is 1. The summed E-state index contributed by atoms with van der Waals surface area (Å²) in [5.41, 5.74) is 0.794. The summed E-state index contributed by atoms with van der Waals surface area (Å²) in [6, 6.07) is 3.86. The van der Waals surface area contributed by atoms with Crippen molar-refractivity contribution in [2.75, 3.05) is 19.7 Å². The van der Waals surface area contributed by atoms with Crippen molar-refractivity contribution in [3.63, 3.8) is 0 Å². The standard InChI is InChI=1S/C13H17F2NO/c1-3-7-16-8-10(2)9-17-12-6-4-5-11(14)13(12)15/h4-6,16H,2-3,7-9H2,1H3. The fourth-order valence-corrected chi connectivity index (χ4v) is 1.27. The number of halogens is 2. The molecule has 17 heavy (non-hydrogen) atoms. The van der Waals surface area contributed by atoms with Gasteiger partial charge in [-0.15, -0.1) is 0 Å². The second kappa shape index (κ2) is 7.01. The Bertz CT molecular complexity index is 380. The quantitative estimate of drug-likeness (QED) is 0.585. The first-order valence-corrected chi connectivity index (χ1v) is 5.59. The van der Waals surface area contributed by atoms with Crippen LogP contribution in [-0.4, -0.2) is 19.7 Å². The average Bonchev–Trinajstić information content (AvgIpc) is 2.31. The smallest absolute Gasteiger partial charge is 0.200 e. The van der Waals surface area contributed by atoms with Gasteiger partial charge < -0.3 is 10.1 Å². The van der Waals surface area contributed by atoms with E-state index in [1.807, 2.05) is 0 Å². The lowest BCUT2D eigenvalue weighted by Crippen LogP contribution is -2.20. The molecule has 1 aromatic carbocycles. The summed E-state index contributed by atoms with van der Waals surface area (Å²) in [7, 11) is 0. The molecule has 0 aliphatic heterocycles. The summed E-state index contributed by atoms with van der Waals surface area (Å²) >= 11 is 0. The van der Waals surface area contributed by atoms with Gasteiger partial charge in [-0.3, -0.25) is 0 Å². The molecule has 0 saturated carbocycles. The number of rotatable bonds is 7. The summed E-state index contributed by atoms with van der Waals surface area (Å²) < 4.78 is 31.2. The van der Waals surface area contributed by atoms with Crippen LogP contribution in [0.3, 0.4) is 0 Å². The Kier molecular flexibility index (Phi) is 5.63. The van der Waals surface area contributed by atoms with Crippen molar-refractivity contribution >= 4 is 0 Å². The largest absolute Gasteiger partial charge is 0.486 e. The molecular weight excluding hydrogens is 224 g/mol. The van der Waals surface area contributed by atoms with Gasteiger partial charge in [-0.25, -0.2) is 4.39 Å². The predicted octanol–water partition coefficient (Wildman–Crippen LogP) is 2.90. The van der Waals surface area contributed by atoms with E-state index in [1.165, 1.54) is 12.1 Å². The molecule has 0 saturated heterocycles. The van der Waals surface area contributed by atoms with Crippen LogP contribution in [0.25, 0.3) is 0 Å². The zero-order valence-electron chi connectivity index (χ0n) is 9.93. The van der Waals surface area contributed by atoms with Crippen molar-refractivity contribution in [2.45, 2.75) is 13.3 Å². The van der Waals surface area contributed by atoms with Crippen molar-refractivity contribution in [1.82, 2.24) is 5.32 Å². The maximum absolute atomic E-state index is 13.2. The minimum absolute atomic E-state index is 0.0818. The van der Waals surface area contributed by atoms with Gasteiger partial charge in [-0.05, 0) is 30.7 Å². The van der Waals surface area contributed by atoms with Crippen LogP contribution in [0.1, 0.15) is 13.3 Å². The molecule has 2 nitrogen and oxygen atoms in total. The summed E-state index contributed by atoms with van der Waals surface area (Å²) in [4.78, 5) is 0. The topological polar surface area (TPSA) is 21.3 Å². The van der Waals surface area contributed by atoms with E-state index in [4.69, 9.17) is 4.74 Å². The number of hydrogen-bond acceptors (Lipinski definition) is 2. The van der Waals surface area contributed by atoms with E-state index in [0.29, 0.717) is 6.54 Å². The third kappa shape index (κ3) is 4.53. The molecule has 0 atom stereocenters. The summed E-state index contributed by atoms with van der Waals surface area (Å²) in [6.07, 6.45) is 1.03. The molecule has 4 heteroatoms. The monoisotopic (exact) mass is 241 g/mol. The number of hydrogen-bond donors (Lipinski definition) is 1. The number of nitrogens with one attached hydrogen (secondary N) is 1. The Morgan fingerprint density at radius 2 is 2.18 bits per heavy atom. The van der Waals surface area contributed by atoms with Crippen LogP contribution in [0.2, 0.25) is 0 Å². The third-order valence-corrected chi connectivity index (χ3v) is 2.15. The molecule has 0 fully saturated rings. The molecule has 94 valence electrons. The fourth-order valence-electron chi connectivity index (χ4n) is 1.27. The van der Waals surface area contributed by atoms with E-state index in [1.54, 1.807) is 0 Å². The molecule has 0 aromatic heterocycles. The van der Waals surface area contributed by atoms with Crippen molar-refractivity contribution in [3.8, 4) is 5.75 Å². The van der Waals surface area contributed by atoms with Gasteiger partial charge in [0, 0.05) is 6.54 Å². The maximum atomic E-state index is 13.2. The summed E-state index contributed by atoms with van der Waals surface area (Å²) in [5, 5.41) is 3.15. The van der Waals surface area contributed by atoms with E-state index in [0.717, 1.165) is 24.6 Å². The average molecular weight is 241 g/mol. The Hall–Kier alpha value is -1.42. The van der Waals surface area contributed by atoms with Crippen LogP contribution in [0.4, 0.5) is 8.78 Å². The SMILES string of the molecule is C=C(CNCCC)COc1cccc(F)c1F. The molecular formula is C13H17F2NO. The van der Waals surface area contributed by atoms with Gasteiger partial charge >= 0.3 is 0 Å². The molecule has 1 rings (SSSR count). The Labute approximate surface area is 100 Å². The minimum atomic E-state index is -0.957. The molecule has 0 spiro atoms. The van der Waals surface area contributed by atoms with Crippen LogP contribution >= 0.6 is 0 Å². The van der Waals surface area contributed by atoms with Gasteiger partial charge in [0.1, 0.15) is 6.61 Å². The van der Waals surface area contributed by atoms with Crippen LogP contribution < -0.4 is 10.1 Å². The van der Waals surface area contributed by atoms with Crippen LogP contribution in [-0.2, 0) is 0 Å². The minimum Gasteiger partial charge on any atom is -0.486 e. The second-order valence-corrected chi connectivity index (χ2v) is 3.77. The maximum Gasteiger partial charge on any atom is 0.200 e. The highest BCUT2D eigenvalue weighted by molar-refractivity contribution is 5.25. The zero-order valence-corrected chi connectivity index (χ0v) is 9.93. The Morgan fingerprint density at radius 1 is 1.41 bits per heavy atom. The molecule has 0 unspecified atom stereocenters. The van der Waals surface area contributed by atoms with E-state index in [9.17, 15) is 8.78 Å². The Morgan fingerprint density at radius 3 is 2.88 bits per heavy atom.